The van der Waals surface area contributed by atoms with Crippen LogP contribution in [-0.2, 0) is 4.79 Å². The van der Waals surface area contributed by atoms with Gasteiger partial charge in [0.05, 0.1) is 0 Å². The molecule has 116 valence electrons. The Morgan fingerprint density at radius 2 is 1.84 bits per heavy atom. The second-order valence-electron chi connectivity index (χ2n) is 5.09. The molecule has 1 aliphatic rings. The molecule has 0 bridgehead atoms. The number of rotatable bonds is 7. The highest BCUT2D eigenvalue weighted by atomic mass is 35.5. The van der Waals surface area contributed by atoms with Gasteiger partial charge in [-0.1, -0.05) is 0 Å². The van der Waals surface area contributed by atoms with Gasteiger partial charge in [-0.15, -0.1) is 24.8 Å². The van der Waals surface area contributed by atoms with Gasteiger partial charge in [0, 0.05) is 13.0 Å². The van der Waals surface area contributed by atoms with Crippen molar-refractivity contribution in [2.45, 2.75) is 32.1 Å². The minimum Gasteiger partial charge on any atom is -0.356 e. The molecule has 19 heavy (non-hydrogen) atoms. The Bertz CT molecular complexity index is 222. The van der Waals surface area contributed by atoms with Crippen molar-refractivity contribution < 1.29 is 4.79 Å². The third-order valence-electron chi connectivity index (χ3n) is 3.54. The molecule has 0 spiro atoms. The number of nitrogens with one attached hydrogen (secondary N) is 2. The average Bonchev–Trinajstić information content (AvgIpc) is 2.32. The van der Waals surface area contributed by atoms with Crippen LogP contribution >= 0.6 is 24.8 Å². The molecule has 1 fully saturated rings. The zero-order valence-electron chi connectivity index (χ0n) is 12.1. The standard InChI is InChI=1S/C13H27N3O.2ClH/c1-14-8-3-4-13(17)15-9-5-12-6-10-16(2)11-7-12;;/h12,14H,3-11H2,1-2H3,(H,15,17);2*1H. The fourth-order valence-corrected chi connectivity index (χ4v) is 2.28. The van der Waals surface area contributed by atoms with Gasteiger partial charge in [-0.3, -0.25) is 4.79 Å². The van der Waals surface area contributed by atoms with Crippen LogP contribution in [0.5, 0.6) is 0 Å². The summed E-state index contributed by atoms with van der Waals surface area (Å²) in [6, 6.07) is 0. The Morgan fingerprint density at radius 1 is 1.21 bits per heavy atom. The summed E-state index contributed by atoms with van der Waals surface area (Å²) < 4.78 is 0. The fourth-order valence-electron chi connectivity index (χ4n) is 2.28. The Hall–Kier alpha value is -0.0300. The van der Waals surface area contributed by atoms with Crippen molar-refractivity contribution >= 4 is 30.7 Å². The van der Waals surface area contributed by atoms with E-state index in [0.29, 0.717) is 6.42 Å². The summed E-state index contributed by atoms with van der Waals surface area (Å²) in [6.07, 6.45) is 5.29. The number of hydrogen-bond acceptors (Lipinski definition) is 3. The van der Waals surface area contributed by atoms with E-state index in [4.69, 9.17) is 0 Å². The predicted molar refractivity (Wildman–Crippen MR) is 85.5 cm³/mol. The van der Waals surface area contributed by atoms with E-state index in [1.54, 1.807) is 0 Å². The van der Waals surface area contributed by atoms with E-state index < -0.39 is 0 Å². The monoisotopic (exact) mass is 313 g/mol. The molecule has 4 nitrogen and oxygen atoms in total. The van der Waals surface area contributed by atoms with Crippen LogP contribution in [0.2, 0.25) is 0 Å². The molecule has 1 rings (SSSR count). The molecule has 1 heterocycles. The number of piperidine rings is 1. The first-order valence-electron chi connectivity index (χ1n) is 6.82. The second kappa shape index (κ2) is 13.0. The van der Waals surface area contributed by atoms with E-state index in [0.717, 1.165) is 31.8 Å². The number of halogens is 2. The summed E-state index contributed by atoms with van der Waals surface area (Å²) in [5.74, 6) is 1.01. The molecule has 0 unspecified atom stereocenters. The second-order valence-corrected chi connectivity index (χ2v) is 5.09. The minimum absolute atomic E-state index is 0. The van der Waals surface area contributed by atoms with Gasteiger partial charge in [0.15, 0.2) is 0 Å². The summed E-state index contributed by atoms with van der Waals surface area (Å²) in [4.78, 5) is 13.8. The van der Waals surface area contributed by atoms with E-state index in [-0.39, 0.29) is 30.7 Å². The largest absolute Gasteiger partial charge is 0.356 e. The van der Waals surface area contributed by atoms with Gasteiger partial charge in [-0.05, 0) is 65.3 Å². The topological polar surface area (TPSA) is 44.4 Å². The van der Waals surface area contributed by atoms with Crippen LogP contribution in [0.4, 0.5) is 0 Å². The average molecular weight is 314 g/mol. The molecule has 0 radical (unpaired) electrons. The Balaban J connectivity index is 0. The maximum Gasteiger partial charge on any atom is 0.220 e. The molecule has 2 N–H and O–H groups in total. The number of hydrogen-bond donors (Lipinski definition) is 2. The van der Waals surface area contributed by atoms with E-state index in [9.17, 15) is 4.79 Å². The fraction of sp³-hybridized carbons (Fsp3) is 0.923. The molecule has 0 aliphatic carbocycles. The normalized spacial score (nSPS) is 16.3. The zero-order valence-corrected chi connectivity index (χ0v) is 13.7. The lowest BCUT2D eigenvalue weighted by molar-refractivity contribution is -0.121. The third-order valence-corrected chi connectivity index (χ3v) is 3.54. The van der Waals surface area contributed by atoms with Crippen molar-refractivity contribution in [1.82, 2.24) is 15.5 Å². The van der Waals surface area contributed by atoms with Crippen LogP contribution in [0.1, 0.15) is 32.1 Å². The van der Waals surface area contributed by atoms with Crippen molar-refractivity contribution in [1.29, 1.82) is 0 Å². The lowest BCUT2D eigenvalue weighted by Crippen LogP contribution is -2.32. The summed E-state index contributed by atoms with van der Waals surface area (Å²) in [6.45, 7) is 4.19. The van der Waals surface area contributed by atoms with Gasteiger partial charge in [0.25, 0.3) is 0 Å². The van der Waals surface area contributed by atoms with E-state index in [1.165, 1.54) is 25.9 Å². The van der Waals surface area contributed by atoms with Gasteiger partial charge in [-0.2, -0.15) is 0 Å². The smallest absolute Gasteiger partial charge is 0.220 e. The molecule has 0 aromatic carbocycles. The first kappa shape index (κ1) is 21.3. The molecule has 1 aliphatic heterocycles. The molecule has 6 heteroatoms. The van der Waals surface area contributed by atoms with Crippen LogP contribution in [0.25, 0.3) is 0 Å². The van der Waals surface area contributed by atoms with Crippen molar-refractivity contribution in [2.75, 3.05) is 40.3 Å². The van der Waals surface area contributed by atoms with Gasteiger partial charge in [0.1, 0.15) is 0 Å². The van der Waals surface area contributed by atoms with Crippen molar-refractivity contribution in [3.63, 3.8) is 0 Å². The molecule has 0 aromatic rings. The molecular formula is C13H29Cl2N3O. The van der Waals surface area contributed by atoms with Crippen LogP contribution in [0, 0.1) is 5.92 Å². The highest BCUT2D eigenvalue weighted by Crippen LogP contribution is 2.18. The lowest BCUT2D eigenvalue weighted by atomic mass is 9.94. The Labute approximate surface area is 129 Å². The highest BCUT2D eigenvalue weighted by Gasteiger charge is 2.16. The van der Waals surface area contributed by atoms with Gasteiger partial charge < -0.3 is 15.5 Å². The minimum atomic E-state index is 0. The molecule has 0 atom stereocenters. The Kier molecular flexibility index (Phi) is 14.5. The maximum absolute atomic E-state index is 11.5. The van der Waals surface area contributed by atoms with Gasteiger partial charge in [-0.25, -0.2) is 0 Å². The first-order chi connectivity index (χ1) is 8.22. The van der Waals surface area contributed by atoms with Crippen molar-refractivity contribution in [2.24, 2.45) is 5.92 Å². The summed E-state index contributed by atoms with van der Waals surface area (Å²) >= 11 is 0. The summed E-state index contributed by atoms with van der Waals surface area (Å²) in [7, 11) is 4.10. The molecule has 0 saturated carbocycles. The number of likely N-dealkylation sites (tertiary alicyclic amines) is 1. The van der Waals surface area contributed by atoms with Crippen LogP contribution in [-0.4, -0.2) is 51.1 Å². The lowest BCUT2D eigenvalue weighted by Gasteiger charge is -2.28. The molecular weight excluding hydrogens is 285 g/mol. The SMILES string of the molecule is CNCCCC(=O)NCCC1CCN(C)CC1.Cl.Cl. The number of amides is 1. The zero-order chi connectivity index (χ0) is 12.5. The number of nitrogens with zero attached hydrogens (tertiary/aromatic N) is 1. The number of carbonyl (C=O) groups excluding carboxylic acids is 1. The molecule has 0 aromatic heterocycles. The molecule has 1 saturated heterocycles. The first-order valence-corrected chi connectivity index (χ1v) is 6.82. The Morgan fingerprint density at radius 3 is 2.42 bits per heavy atom. The third kappa shape index (κ3) is 10.4. The maximum atomic E-state index is 11.5. The predicted octanol–water partition coefficient (Wildman–Crippen LogP) is 1.68. The molecule has 1 amide bonds. The van der Waals surface area contributed by atoms with Gasteiger partial charge in [0.2, 0.25) is 5.91 Å². The van der Waals surface area contributed by atoms with E-state index in [1.807, 2.05) is 7.05 Å². The summed E-state index contributed by atoms with van der Waals surface area (Å²) in [5.41, 5.74) is 0. The summed E-state index contributed by atoms with van der Waals surface area (Å²) in [5, 5.41) is 6.07. The van der Waals surface area contributed by atoms with Crippen molar-refractivity contribution in [3.8, 4) is 0 Å². The number of carbonyl (C=O) groups is 1. The van der Waals surface area contributed by atoms with Gasteiger partial charge >= 0.3 is 0 Å². The van der Waals surface area contributed by atoms with E-state index in [2.05, 4.69) is 22.6 Å². The van der Waals surface area contributed by atoms with Crippen molar-refractivity contribution in [3.05, 3.63) is 0 Å². The quantitative estimate of drug-likeness (QED) is 0.703. The highest BCUT2D eigenvalue weighted by molar-refractivity contribution is 5.85. The van der Waals surface area contributed by atoms with Crippen LogP contribution in [0.15, 0.2) is 0 Å². The van der Waals surface area contributed by atoms with Crippen LogP contribution in [0.3, 0.4) is 0 Å². The van der Waals surface area contributed by atoms with Crippen LogP contribution < -0.4 is 10.6 Å². The van der Waals surface area contributed by atoms with E-state index >= 15 is 0 Å².